The molecule has 1 aromatic carbocycles. The van der Waals surface area contributed by atoms with Gasteiger partial charge in [-0.05, 0) is 55.7 Å². The van der Waals surface area contributed by atoms with Crippen LogP contribution in [0.1, 0.15) is 51.0 Å². The first-order chi connectivity index (χ1) is 15.3. The van der Waals surface area contributed by atoms with Crippen molar-refractivity contribution in [1.29, 1.82) is 0 Å². The summed E-state index contributed by atoms with van der Waals surface area (Å²) in [5.74, 6) is 0.915. The van der Waals surface area contributed by atoms with Crippen molar-refractivity contribution in [3.05, 3.63) is 66.6 Å². The molecule has 0 bridgehead atoms. The molecule has 0 aliphatic heterocycles. The van der Waals surface area contributed by atoms with Crippen LogP contribution in [0.15, 0.2) is 61.1 Å². The number of nitrogens with one attached hydrogen (secondary N) is 2. The third-order valence-corrected chi connectivity index (χ3v) is 5.29. The normalized spacial score (nSPS) is 11.3. The molecule has 5 nitrogen and oxygen atoms in total. The number of aromatic nitrogens is 2. The largest absolute Gasteiger partial charge is 0.494 e. The summed E-state index contributed by atoms with van der Waals surface area (Å²) in [6, 6.07) is 12.4. The smallest absolute Gasteiger partial charge is 0.244 e. The highest BCUT2D eigenvalue weighted by molar-refractivity contribution is 5.91. The molecule has 5 heteroatoms. The number of hydrogen-bond acceptors (Lipinski definition) is 2. The minimum atomic E-state index is -0.0410. The predicted molar refractivity (Wildman–Crippen MR) is 126 cm³/mol. The predicted octanol–water partition coefficient (Wildman–Crippen LogP) is 5.02. The Labute approximate surface area is 185 Å². The van der Waals surface area contributed by atoms with E-state index in [4.69, 9.17) is 4.74 Å². The maximum absolute atomic E-state index is 11.9. The van der Waals surface area contributed by atoms with Crippen molar-refractivity contribution in [1.82, 2.24) is 9.88 Å². The Morgan fingerprint density at radius 3 is 2.87 bits per heavy atom. The van der Waals surface area contributed by atoms with Gasteiger partial charge in [0.1, 0.15) is 5.75 Å². The Balaban J connectivity index is 1.30. The highest BCUT2D eigenvalue weighted by Gasteiger charge is 2.03. The van der Waals surface area contributed by atoms with Crippen molar-refractivity contribution in [3.63, 3.8) is 0 Å². The van der Waals surface area contributed by atoms with Gasteiger partial charge in [-0.15, -0.1) is 0 Å². The molecule has 3 aromatic rings. The zero-order chi connectivity index (χ0) is 21.7. The molecule has 0 aliphatic carbocycles. The van der Waals surface area contributed by atoms with Gasteiger partial charge < -0.3 is 14.6 Å². The summed E-state index contributed by atoms with van der Waals surface area (Å²) in [4.78, 5) is 14.9. The van der Waals surface area contributed by atoms with Crippen LogP contribution in [0.3, 0.4) is 0 Å². The Bertz CT molecular complexity index is 963. The monoisotopic (exact) mass is 420 g/mol. The molecule has 0 atom stereocenters. The molecule has 1 amide bonds. The number of benzene rings is 1. The number of nitrogens with zero attached hydrogens (tertiary/aromatic N) is 1. The fraction of sp³-hybridized carbons (Fsp3) is 0.385. The number of carbonyl (C=O) groups is 1. The number of ether oxygens (including phenoxy) is 1. The molecule has 0 fully saturated rings. The summed E-state index contributed by atoms with van der Waals surface area (Å²) >= 11 is 0. The van der Waals surface area contributed by atoms with Gasteiger partial charge in [0.2, 0.25) is 5.91 Å². The third kappa shape index (κ3) is 7.59. The first kappa shape index (κ1) is 22.6. The van der Waals surface area contributed by atoms with Crippen molar-refractivity contribution in [2.45, 2.75) is 52.0 Å². The highest BCUT2D eigenvalue weighted by Crippen LogP contribution is 2.23. The van der Waals surface area contributed by atoms with Crippen LogP contribution in [0.2, 0.25) is 0 Å². The summed E-state index contributed by atoms with van der Waals surface area (Å²) in [5, 5.41) is 4.19. The first-order valence-electron chi connectivity index (χ1n) is 11.4. The summed E-state index contributed by atoms with van der Waals surface area (Å²) in [6.45, 7) is 4.69. The van der Waals surface area contributed by atoms with Crippen LogP contribution in [0.4, 0.5) is 0 Å². The standard InChI is InChI=1S/C26H33N3O2/c1-2-3-19-31-24-11-12-25-23(20-24)14-18-29(25)17-7-5-4-6-16-28-26(30)13-10-22-9-8-15-27-21-22/h8-15,18,20-21H,2-7,16-17,19H2,1H3,(H,28,30)/p+1/b13-10+. The summed E-state index contributed by atoms with van der Waals surface area (Å²) < 4.78 is 8.13. The van der Waals surface area contributed by atoms with Crippen LogP contribution >= 0.6 is 0 Å². The van der Waals surface area contributed by atoms with E-state index in [9.17, 15) is 4.79 Å². The van der Waals surface area contributed by atoms with Crippen LogP contribution < -0.4 is 15.0 Å². The van der Waals surface area contributed by atoms with E-state index in [0.717, 1.165) is 69.5 Å². The second kappa shape index (κ2) is 12.6. The molecule has 31 heavy (non-hydrogen) atoms. The molecule has 3 rings (SSSR count). The Morgan fingerprint density at radius 2 is 2.03 bits per heavy atom. The zero-order valence-electron chi connectivity index (χ0n) is 18.5. The lowest BCUT2D eigenvalue weighted by atomic mass is 10.2. The van der Waals surface area contributed by atoms with Gasteiger partial charge in [-0.2, -0.15) is 0 Å². The molecule has 2 aromatic heterocycles. The van der Waals surface area contributed by atoms with Gasteiger partial charge in [0.05, 0.1) is 6.61 Å². The molecule has 0 aliphatic rings. The summed E-state index contributed by atoms with van der Waals surface area (Å²) in [5.41, 5.74) is 2.24. The summed E-state index contributed by atoms with van der Waals surface area (Å²) in [6.07, 6.45) is 15.9. The van der Waals surface area contributed by atoms with Crippen LogP contribution in [0, 0.1) is 0 Å². The Hall–Kier alpha value is -3.08. The maximum Gasteiger partial charge on any atom is 0.244 e. The van der Waals surface area contributed by atoms with Crippen LogP contribution in [-0.2, 0) is 11.3 Å². The molecule has 2 heterocycles. The first-order valence-corrected chi connectivity index (χ1v) is 11.4. The second-order valence-electron chi connectivity index (χ2n) is 7.81. The SMILES string of the molecule is CCCCOc1ccc2c(ccn2CCCCCCNC(=O)/C=C/c2ccc[nH+]c2)c1. The second-order valence-corrected chi connectivity index (χ2v) is 7.81. The number of aromatic amines is 1. The van der Waals surface area contributed by atoms with Crippen LogP contribution in [0.25, 0.3) is 17.0 Å². The number of H-pyrrole nitrogens is 1. The number of pyridine rings is 1. The van der Waals surface area contributed by atoms with Crippen molar-refractivity contribution in [3.8, 4) is 5.75 Å². The molecular formula is C26H34N3O2+. The number of amides is 1. The van der Waals surface area contributed by atoms with Gasteiger partial charge in [-0.1, -0.05) is 26.2 Å². The molecule has 0 radical (unpaired) electrons. The number of carbonyl (C=O) groups excluding carboxylic acids is 1. The van der Waals surface area contributed by atoms with Crippen LogP contribution in [0.5, 0.6) is 5.75 Å². The molecule has 0 saturated carbocycles. The molecule has 2 N–H and O–H groups in total. The van der Waals surface area contributed by atoms with Gasteiger partial charge >= 0.3 is 0 Å². The molecule has 0 saturated heterocycles. The maximum atomic E-state index is 11.9. The molecule has 164 valence electrons. The lowest BCUT2D eigenvalue weighted by Crippen LogP contribution is -2.22. The number of unbranched alkanes of at least 4 members (excludes halogenated alkanes) is 4. The van der Waals surface area contributed by atoms with Crippen molar-refractivity contribution in [2.75, 3.05) is 13.2 Å². The average Bonchev–Trinajstić information content (AvgIpc) is 3.20. The van der Waals surface area contributed by atoms with Crippen molar-refractivity contribution < 1.29 is 14.5 Å². The molecule has 0 spiro atoms. The fourth-order valence-corrected chi connectivity index (χ4v) is 3.51. The van der Waals surface area contributed by atoms with E-state index >= 15 is 0 Å². The average molecular weight is 421 g/mol. The van der Waals surface area contributed by atoms with Crippen molar-refractivity contribution >= 4 is 22.9 Å². The quantitative estimate of drug-likeness (QED) is 0.312. The zero-order valence-corrected chi connectivity index (χ0v) is 18.5. The van der Waals surface area contributed by atoms with E-state index in [1.807, 2.05) is 30.6 Å². The topological polar surface area (TPSA) is 57.4 Å². The number of aryl methyl sites for hydroxylation is 1. The Morgan fingerprint density at radius 1 is 1.13 bits per heavy atom. The highest BCUT2D eigenvalue weighted by atomic mass is 16.5. The van der Waals surface area contributed by atoms with E-state index < -0.39 is 0 Å². The fourth-order valence-electron chi connectivity index (χ4n) is 3.51. The van der Waals surface area contributed by atoms with Gasteiger partial charge in [-0.3, -0.25) is 4.79 Å². The Kier molecular flexibility index (Phi) is 9.17. The summed E-state index contributed by atoms with van der Waals surface area (Å²) in [7, 11) is 0. The number of rotatable bonds is 13. The van der Waals surface area contributed by atoms with E-state index in [1.165, 1.54) is 10.9 Å². The number of hydrogen-bond donors (Lipinski definition) is 1. The van der Waals surface area contributed by atoms with E-state index in [0.29, 0.717) is 0 Å². The number of fused-ring (bicyclic) bond motifs is 1. The lowest BCUT2D eigenvalue weighted by Gasteiger charge is -2.08. The van der Waals surface area contributed by atoms with Gasteiger partial charge in [0.15, 0.2) is 12.4 Å². The van der Waals surface area contributed by atoms with Gasteiger partial charge in [0, 0.05) is 47.9 Å². The van der Waals surface area contributed by atoms with E-state index in [2.05, 4.69) is 52.3 Å². The lowest BCUT2D eigenvalue weighted by molar-refractivity contribution is -0.378. The van der Waals surface area contributed by atoms with Gasteiger partial charge in [0.25, 0.3) is 0 Å². The minimum Gasteiger partial charge on any atom is -0.494 e. The van der Waals surface area contributed by atoms with Crippen LogP contribution in [-0.4, -0.2) is 23.6 Å². The van der Waals surface area contributed by atoms with E-state index in [1.54, 1.807) is 6.08 Å². The van der Waals surface area contributed by atoms with Gasteiger partial charge in [-0.25, -0.2) is 4.98 Å². The molecule has 0 unspecified atom stereocenters. The third-order valence-electron chi connectivity index (χ3n) is 5.29. The molecular weight excluding hydrogens is 386 g/mol. The minimum absolute atomic E-state index is 0.0410. The van der Waals surface area contributed by atoms with Crippen molar-refractivity contribution in [2.24, 2.45) is 0 Å². The van der Waals surface area contributed by atoms with E-state index in [-0.39, 0.29) is 5.91 Å².